The van der Waals surface area contributed by atoms with Gasteiger partial charge in [0.05, 0.1) is 5.57 Å². The highest BCUT2D eigenvalue weighted by atomic mass is 32.1. The van der Waals surface area contributed by atoms with Crippen molar-refractivity contribution in [3.8, 4) is 0 Å². The van der Waals surface area contributed by atoms with E-state index in [9.17, 15) is 4.79 Å². The van der Waals surface area contributed by atoms with Crippen LogP contribution in [0.25, 0.3) is 0 Å². The smallest absolute Gasteiger partial charge is 0.255 e. The van der Waals surface area contributed by atoms with Gasteiger partial charge in [-0.05, 0) is 44.5 Å². The lowest BCUT2D eigenvalue weighted by Gasteiger charge is -2.28. The molecule has 3 heterocycles. The molecule has 0 radical (unpaired) electrons. The number of benzene rings is 1. The fraction of sp³-hybridized carbons (Fsp3) is 0.211. The minimum atomic E-state index is -0.295. The van der Waals surface area contributed by atoms with Crippen LogP contribution >= 0.6 is 11.3 Å². The molecule has 2 N–H and O–H groups in total. The summed E-state index contributed by atoms with van der Waals surface area (Å²) in [5, 5.41) is 10.6. The summed E-state index contributed by atoms with van der Waals surface area (Å²) in [6, 6.07) is 11.6. The Labute approximate surface area is 155 Å². The molecule has 3 aromatic rings. The Bertz CT molecular complexity index is 1020. The largest absolute Gasteiger partial charge is 0.328 e. The first-order chi connectivity index (χ1) is 12.5. The van der Waals surface area contributed by atoms with Crippen LogP contribution in [0.4, 0.5) is 11.6 Å². The lowest BCUT2D eigenvalue weighted by atomic mass is 10.0. The zero-order chi connectivity index (χ0) is 18.3. The number of para-hydroxylation sites is 1. The van der Waals surface area contributed by atoms with Crippen LogP contribution in [0.1, 0.15) is 28.3 Å². The topological polar surface area (TPSA) is 71.8 Å². The van der Waals surface area contributed by atoms with Crippen molar-refractivity contribution in [3.63, 3.8) is 0 Å². The van der Waals surface area contributed by atoms with Gasteiger partial charge in [-0.1, -0.05) is 18.2 Å². The fourth-order valence-corrected chi connectivity index (χ4v) is 4.12. The van der Waals surface area contributed by atoms with Crippen LogP contribution in [-0.4, -0.2) is 20.7 Å². The SMILES string of the molecule is CC1=C(C(=O)Nc2ccccc2C)[C@H](c2ccc(C)s2)n2ncnc2N1. The number of aromatic nitrogens is 3. The Morgan fingerprint density at radius 1 is 1.19 bits per heavy atom. The van der Waals surface area contributed by atoms with E-state index in [0.29, 0.717) is 11.5 Å². The summed E-state index contributed by atoms with van der Waals surface area (Å²) in [7, 11) is 0. The maximum atomic E-state index is 13.2. The first kappa shape index (κ1) is 16.5. The Balaban J connectivity index is 1.77. The van der Waals surface area contributed by atoms with Gasteiger partial charge in [0.2, 0.25) is 5.95 Å². The van der Waals surface area contributed by atoms with Crippen molar-refractivity contribution in [1.29, 1.82) is 0 Å². The molecular weight excluding hydrogens is 346 g/mol. The summed E-state index contributed by atoms with van der Waals surface area (Å²) in [6.07, 6.45) is 1.51. The molecule has 6 nitrogen and oxygen atoms in total. The lowest BCUT2D eigenvalue weighted by molar-refractivity contribution is -0.113. The first-order valence-corrected chi connectivity index (χ1v) is 9.17. The first-order valence-electron chi connectivity index (χ1n) is 8.35. The number of rotatable bonds is 3. The molecule has 1 amide bonds. The van der Waals surface area contributed by atoms with Crippen LogP contribution in [0.2, 0.25) is 0 Å². The van der Waals surface area contributed by atoms with E-state index < -0.39 is 0 Å². The summed E-state index contributed by atoms with van der Waals surface area (Å²) < 4.78 is 1.77. The zero-order valence-electron chi connectivity index (χ0n) is 14.8. The average molecular weight is 365 g/mol. The minimum Gasteiger partial charge on any atom is -0.328 e. The van der Waals surface area contributed by atoms with Crippen LogP contribution in [0.5, 0.6) is 0 Å². The Morgan fingerprint density at radius 3 is 2.73 bits per heavy atom. The highest BCUT2D eigenvalue weighted by molar-refractivity contribution is 7.12. The molecule has 0 bridgehead atoms. The number of fused-ring (bicyclic) bond motifs is 1. The standard InChI is InChI=1S/C19H19N5OS/c1-11-6-4-5-7-14(11)23-18(25)16-13(3)22-19-20-10-21-24(19)17(16)15-9-8-12(2)26-15/h4-10,17H,1-3H3,(H,23,25)(H,20,21,22)/t17-/m0/s1. The third-order valence-corrected chi connectivity index (χ3v) is 5.52. The van der Waals surface area contributed by atoms with Crippen LogP contribution in [0.15, 0.2) is 54.0 Å². The second kappa shape index (κ2) is 6.42. The van der Waals surface area contributed by atoms with Crippen molar-refractivity contribution in [2.75, 3.05) is 10.6 Å². The summed E-state index contributed by atoms with van der Waals surface area (Å²) in [5.74, 6) is 0.507. The molecular formula is C19H19N5OS. The zero-order valence-corrected chi connectivity index (χ0v) is 15.6. The molecule has 0 unspecified atom stereocenters. The van der Waals surface area contributed by atoms with Gasteiger partial charge in [-0.15, -0.1) is 11.3 Å². The van der Waals surface area contributed by atoms with Gasteiger partial charge in [-0.25, -0.2) is 4.68 Å². The molecule has 132 valence electrons. The lowest BCUT2D eigenvalue weighted by Crippen LogP contribution is -2.31. The van der Waals surface area contributed by atoms with Gasteiger partial charge in [-0.2, -0.15) is 10.1 Å². The predicted molar refractivity (Wildman–Crippen MR) is 103 cm³/mol. The van der Waals surface area contributed by atoms with Crippen LogP contribution in [-0.2, 0) is 4.79 Å². The van der Waals surface area contributed by atoms with E-state index in [1.807, 2.05) is 38.1 Å². The van der Waals surface area contributed by atoms with Crippen LogP contribution in [0.3, 0.4) is 0 Å². The van der Waals surface area contributed by atoms with Crippen molar-refractivity contribution < 1.29 is 4.79 Å². The highest BCUT2D eigenvalue weighted by Crippen LogP contribution is 2.38. The summed E-state index contributed by atoms with van der Waals surface area (Å²) in [6.45, 7) is 5.94. The number of hydrogen-bond donors (Lipinski definition) is 2. The number of anilines is 2. The second-order valence-electron chi connectivity index (χ2n) is 6.31. The van der Waals surface area contributed by atoms with Crippen molar-refractivity contribution >= 4 is 28.9 Å². The number of nitrogens with zero attached hydrogens (tertiary/aromatic N) is 3. The van der Waals surface area contributed by atoms with Gasteiger partial charge in [0.1, 0.15) is 12.4 Å². The van der Waals surface area contributed by atoms with E-state index in [0.717, 1.165) is 21.8 Å². The molecule has 7 heteroatoms. The highest BCUT2D eigenvalue weighted by Gasteiger charge is 2.34. The van der Waals surface area contributed by atoms with Gasteiger partial charge >= 0.3 is 0 Å². The van der Waals surface area contributed by atoms with Gasteiger partial charge in [0, 0.05) is 21.1 Å². The monoisotopic (exact) mass is 365 g/mol. The molecule has 0 saturated carbocycles. The molecule has 1 atom stereocenters. The Morgan fingerprint density at radius 2 is 2.00 bits per heavy atom. The van der Waals surface area contributed by atoms with Crippen molar-refractivity contribution in [3.05, 3.63) is 69.3 Å². The fourth-order valence-electron chi connectivity index (χ4n) is 3.15. The number of amides is 1. The number of aryl methyl sites for hydroxylation is 2. The number of hydrogen-bond acceptors (Lipinski definition) is 5. The van der Waals surface area contributed by atoms with Gasteiger partial charge < -0.3 is 10.6 Å². The molecule has 1 aliphatic rings. The molecule has 0 saturated heterocycles. The average Bonchev–Trinajstić information content (AvgIpc) is 3.24. The molecule has 4 rings (SSSR count). The van der Waals surface area contributed by atoms with Crippen molar-refractivity contribution in [2.45, 2.75) is 26.8 Å². The number of allylic oxidation sites excluding steroid dienone is 1. The third-order valence-electron chi connectivity index (χ3n) is 4.46. The Kier molecular flexibility index (Phi) is 4.08. The molecule has 2 aromatic heterocycles. The number of carbonyl (C=O) groups excluding carboxylic acids is 1. The van der Waals surface area contributed by atoms with E-state index in [2.05, 4.69) is 39.8 Å². The molecule has 26 heavy (non-hydrogen) atoms. The van der Waals surface area contributed by atoms with Crippen LogP contribution < -0.4 is 10.6 Å². The molecule has 0 spiro atoms. The summed E-state index contributed by atoms with van der Waals surface area (Å²) >= 11 is 1.66. The molecule has 0 aliphatic carbocycles. The number of thiophene rings is 1. The van der Waals surface area contributed by atoms with Gasteiger partial charge in [0.25, 0.3) is 5.91 Å². The minimum absolute atomic E-state index is 0.137. The van der Waals surface area contributed by atoms with Crippen molar-refractivity contribution in [2.24, 2.45) is 0 Å². The maximum Gasteiger partial charge on any atom is 0.255 e. The van der Waals surface area contributed by atoms with E-state index in [-0.39, 0.29) is 11.9 Å². The second-order valence-corrected chi connectivity index (χ2v) is 7.63. The number of carbonyl (C=O) groups is 1. The quantitative estimate of drug-likeness (QED) is 0.739. The molecule has 1 aromatic carbocycles. The Hall–Kier alpha value is -2.93. The molecule has 1 aliphatic heterocycles. The maximum absolute atomic E-state index is 13.2. The van der Waals surface area contributed by atoms with Crippen LogP contribution in [0, 0.1) is 13.8 Å². The van der Waals surface area contributed by atoms with E-state index in [1.165, 1.54) is 11.2 Å². The molecule has 0 fully saturated rings. The normalized spacial score (nSPS) is 16.2. The third kappa shape index (κ3) is 2.80. The van der Waals surface area contributed by atoms with E-state index in [4.69, 9.17) is 0 Å². The van der Waals surface area contributed by atoms with E-state index in [1.54, 1.807) is 16.0 Å². The summed E-state index contributed by atoms with van der Waals surface area (Å²) in [4.78, 5) is 19.7. The summed E-state index contributed by atoms with van der Waals surface area (Å²) in [5.41, 5.74) is 3.26. The van der Waals surface area contributed by atoms with Crippen molar-refractivity contribution in [1.82, 2.24) is 14.8 Å². The van der Waals surface area contributed by atoms with E-state index >= 15 is 0 Å². The van der Waals surface area contributed by atoms with Gasteiger partial charge in [-0.3, -0.25) is 4.79 Å². The number of nitrogens with one attached hydrogen (secondary N) is 2. The van der Waals surface area contributed by atoms with Gasteiger partial charge in [0.15, 0.2) is 0 Å². The predicted octanol–water partition coefficient (Wildman–Crippen LogP) is 3.88.